The number of amides is 4. The van der Waals surface area contributed by atoms with Gasteiger partial charge in [0.1, 0.15) is 28.2 Å². The van der Waals surface area contributed by atoms with E-state index < -0.39 is 38.5 Å². The van der Waals surface area contributed by atoms with Crippen molar-refractivity contribution < 1.29 is 70.5 Å². The summed E-state index contributed by atoms with van der Waals surface area (Å²) in [6, 6.07) is 50.9. The van der Waals surface area contributed by atoms with Gasteiger partial charge in [-0.15, -0.1) is 0 Å². The minimum absolute atomic E-state index is 0.0297. The second-order valence-electron chi connectivity index (χ2n) is 44.0. The van der Waals surface area contributed by atoms with Crippen LogP contribution in [0.25, 0.3) is 0 Å². The lowest BCUT2D eigenvalue weighted by atomic mass is 9.91. The van der Waals surface area contributed by atoms with Gasteiger partial charge in [-0.3, -0.25) is 18.9 Å². The predicted octanol–water partition coefficient (Wildman–Crippen LogP) is 19.2. The molecule has 0 spiro atoms. The molecule has 776 valence electrons. The van der Waals surface area contributed by atoms with Gasteiger partial charge in [0, 0.05) is 116 Å². The average Bonchev–Trinajstić information content (AvgIpc) is 1.75. The number of nitriles is 2. The number of nitrogens with zero attached hydrogens (tertiary/aromatic N) is 9. The molecule has 7 aromatic rings. The normalized spacial score (nSPS) is 17.3. The zero-order chi connectivity index (χ0) is 103. The number of rotatable bonds is 16. The molecule has 0 unspecified atom stereocenters. The third-order valence-electron chi connectivity index (χ3n) is 28.3. The fourth-order valence-corrected chi connectivity index (χ4v) is 20.1. The Balaban J connectivity index is 0.000000159. The van der Waals surface area contributed by atoms with E-state index >= 15 is 0 Å². The summed E-state index contributed by atoms with van der Waals surface area (Å²) in [5.41, 5.74) is 29.4. The number of aryl methyl sites for hydroxylation is 1. The summed E-state index contributed by atoms with van der Waals surface area (Å²) in [6.07, 6.45) is 30.7. The molecule has 7 heterocycles. The number of carbonyl (C=O) groups excluding carboxylic acids is 5. The van der Waals surface area contributed by atoms with Crippen molar-refractivity contribution >= 4 is 46.2 Å². The third-order valence-corrected chi connectivity index (χ3v) is 28.8. The smallest absolute Gasteiger partial charge is 0.410 e. The number of benzene rings is 7. The van der Waals surface area contributed by atoms with Crippen LogP contribution in [0.2, 0.25) is 0 Å². The molecule has 7 aromatic carbocycles. The Bertz CT molecular complexity index is 5630. The summed E-state index contributed by atoms with van der Waals surface area (Å²) >= 11 is 0. The van der Waals surface area contributed by atoms with E-state index in [9.17, 15) is 42.3 Å². The second-order valence-corrected chi connectivity index (χ2v) is 45.7. The number of hydrogen-bond acceptors (Lipinski definition) is 20. The van der Waals surface area contributed by atoms with Crippen molar-refractivity contribution in [3.63, 3.8) is 0 Å². The average molecular weight is 1980 g/mol. The lowest BCUT2D eigenvalue weighted by molar-refractivity contribution is -0.117. The first-order valence-electron chi connectivity index (χ1n) is 52.5. The van der Waals surface area contributed by atoms with Gasteiger partial charge < -0.3 is 59.3 Å². The molecule has 0 bridgehead atoms. The van der Waals surface area contributed by atoms with Gasteiger partial charge in [0.25, 0.3) is 10.1 Å². The number of ketones is 1. The molecule has 0 radical (unpaired) electrons. The number of Topliss-reactive ketones (excluding diaryl/α,β-unsaturated/α-hetero) is 1. The molecule has 0 aromatic heterocycles. The molecule has 0 atom stereocenters. The number of hydrogen-bond donors (Lipinski definition) is 3. The van der Waals surface area contributed by atoms with E-state index in [1.807, 2.05) is 126 Å². The number of nitrogens with two attached hydrogens (primary N) is 1. The lowest BCUT2D eigenvalue weighted by Crippen LogP contribution is -2.41. The summed E-state index contributed by atoms with van der Waals surface area (Å²) < 4.78 is 48.7. The molecule has 3 aliphatic carbocycles. The van der Waals surface area contributed by atoms with Gasteiger partial charge in [0.15, 0.2) is 0 Å². The van der Waals surface area contributed by atoms with Gasteiger partial charge >= 0.3 is 30.3 Å². The number of carbonyl (C=O) groups is 6. The van der Waals surface area contributed by atoms with Crippen molar-refractivity contribution in [3.05, 3.63) is 244 Å². The van der Waals surface area contributed by atoms with Crippen LogP contribution in [0.1, 0.15) is 282 Å². The molecule has 26 heteroatoms. The van der Waals surface area contributed by atoms with Crippen LogP contribution in [-0.2, 0) is 167 Å². The van der Waals surface area contributed by atoms with Crippen LogP contribution in [0.3, 0.4) is 0 Å². The molecule has 3 saturated carbocycles. The van der Waals surface area contributed by atoms with Gasteiger partial charge in [-0.2, -0.15) is 18.9 Å². The summed E-state index contributed by atoms with van der Waals surface area (Å²) in [5.74, 6) is -0.619. The first kappa shape index (κ1) is 113. The zero-order valence-corrected chi connectivity index (χ0v) is 88.9. The first-order valence-corrected chi connectivity index (χ1v) is 54.4. The second kappa shape index (κ2) is 53.5. The Labute approximate surface area is 853 Å². The summed E-state index contributed by atoms with van der Waals surface area (Å²) in [4.78, 5) is 85.7. The molecule has 17 rings (SSSR count). The van der Waals surface area contributed by atoms with Crippen LogP contribution in [0, 0.1) is 22.7 Å². The highest BCUT2D eigenvalue weighted by Crippen LogP contribution is 2.34. The SMILES string of the molecule is CC(=O)CCCc1ccc2c(c1)CCN(C1CCC1)CC2.CC(C)(C)OC(=O)N1CCc2ccc(C(=O)O)cc2CC1.CC(C)(C)OC(=O)N1CCc2ccc(CC#N)cc2CC1.CC(C)(C)OC(=O)N1CCc2ccc(CO)cc2CC1.CC(C)(C)OC(=O)N1CCc2ccc(COS(C)(=O)=O)cc2CC1.N#CCc1ccc2c(c1)CCN(C1CCC1)CC2.NCCc1ccc2c(c1)CCN(C1CCC1)CC2. The minimum Gasteiger partial charge on any atom is -0.478 e. The van der Waals surface area contributed by atoms with Crippen LogP contribution in [0.15, 0.2) is 127 Å². The number of aromatic carboxylic acids is 1. The number of fused-ring (bicyclic) bond motifs is 7. The Morgan fingerprint density at radius 2 is 0.615 bits per heavy atom. The molecule has 25 nitrogen and oxygen atoms in total. The highest BCUT2D eigenvalue weighted by Gasteiger charge is 2.34. The summed E-state index contributed by atoms with van der Waals surface area (Å²) in [5, 5.41) is 35.8. The van der Waals surface area contributed by atoms with Gasteiger partial charge in [-0.05, 0) is 368 Å². The summed E-state index contributed by atoms with van der Waals surface area (Å²) in [6.45, 7) is 37.3. The molecule has 4 amide bonds. The van der Waals surface area contributed by atoms with E-state index in [2.05, 4.69) is 99.6 Å². The van der Waals surface area contributed by atoms with E-state index in [1.54, 1.807) is 60.9 Å². The maximum Gasteiger partial charge on any atom is 0.410 e. The number of aliphatic hydroxyl groups excluding tert-OH is 1. The number of carboxylic acid groups (broad SMARTS) is 1. The molecule has 10 aliphatic rings. The fraction of sp³-hybridized carbons (Fsp3) is 0.573. The van der Waals surface area contributed by atoms with Crippen molar-refractivity contribution in [2.75, 3.05) is 104 Å². The largest absolute Gasteiger partial charge is 0.478 e. The van der Waals surface area contributed by atoms with Crippen LogP contribution in [0.4, 0.5) is 19.2 Å². The molecule has 7 aliphatic heterocycles. The topological polar surface area (TPSA) is 319 Å². The lowest BCUT2D eigenvalue weighted by Gasteiger charge is -2.36. The van der Waals surface area contributed by atoms with Crippen LogP contribution in [-0.4, -0.2) is 234 Å². The van der Waals surface area contributed by atoms with Crippen molar-refractivity contribution in [1.29, 1.82) is 10.5 Å². The zero-order valence-electron chi connectivity index (χ0n) is 88.1. The highest BCUT2D eigenvalue weighted by atomic mass is 32.2. The van der Waals surface area contributed by atoms with Crippen LogP contribution in [0.5, 0.6) is 0 Å². The minimum atomic E-state index is -3.46. The number of aliphatic hydroxyl groups is 1. The van der Waals surface area contributed by atoms with Gasteiger partial charge in [0.2, 0.25) is 0 Å². The Kier molecular flexibility index (Phi) is 42.2. The molecule has 143 heavy (non-hydrogen) atoms. The highest BCUT2D eigenvalue weighted by molar-refractivity contribution is 7.85. The van der Waals surface area contributed by atoms with E-state index in [0.717, 1.165) is 122 Å². The fourth-order valence-electron chi connectivity index (χ4n) is 19.8. The standard InChI is InChI=1S/C19H27NO.C17H22N2O2.C17H25NO5S.C16H24N2.C16H20N2.C16H21NO4.C16H23NO3/c1-15(21)4-2-5-16-8-9-17-10-12-20(19-6-3-7-19)13-11-18(17)14-16;1-17(2,3)21-16(20)19-10-7-14-5-4-13(6-9-18)12-15(14)8-11-19;1-17(2,3)23-16(19)18-9-7-14-6-5-13(11-15(14)8-10-18)12-22-24(4,20)21;2*17-9-6-13-4-5-14-7-10-18(16-2-1-3-16)11-8-15(14)12-13;1-16(2,3)21-15(20)17-8-6-11-4-5-13(14(18)19)10-12(11)7-9-17;1-16(2,3)20-15(19)17-8-6-13-5-4-12(11-18)10-14(13)7-9-17/h8-9,14,19H,2-7,10-13H2,1H3;4-5,12H,6-8,10-11H2,1-3H3;5-6,11H,7-10,12H2,1-4H3;4-5,12,16H,1-3,6-11,17H2;4-5,12,16H,1-3,6-8,10-11H2;4-5,10H,6-9H2,1-3H3,(H,18,19);4-5,10,18H,6-9,11H2,1-3H3. The maximum atomic E-state index is 12.2. The maximum absolute atomic E-state index is 12.2. The van der Waals surface area contributed by atoms with Gasteiger partial charge in [0.05, 0.1) is 50.0 Å². The van der Waals surface area contributed by atoms with Crippen LogP contribution < -0.4 is 5.73 Å². The molecule has 4 N–H and O–H groups in total. The quantitative estimate of drug-likeness (QED) is 0.0598. The monoisotopic (exact) mass is 1980 g/mol. The van der Waals surface area contributed by atoms with E-state index in [4.69, 9.17) is 44.5 Å². The molecular weight excluding hydrogens is 1820 g/mol. The van der Waals surface area contributed by atoms with E-state index in [1.165, 1.54) is 185 Å². The Hall–Kier alpha value is -10.6. The molecular formula is C117H162N10O15S. The van der Waals surface area contributed by atoms with E-state index in [-0.39, 0.29) is 37.6 Å². The van der Waals surface area contributed by atoms with E-state index in [0.29, 0.717) is 102 Å². The van der Waals surface area contributed by atoms with Gasteiger partial charge in [-0.25, -0.2) is 24.0 Å². The number of carboxylic acids is 1. The molecule has 3 fully saturated rings. The Morgan fingerprint density at radius 3 is 0.888 bits per heavy atom. The molecule has 0 saturated heterocycles. The number of ether oxygens (including phenoxy) is 4. The summed E-state index contributed by atoms with van der Waals surface area (Å²) in [7, 11) is -3.46. The Morgan fingerprint density at radius 1 is 0.364 bits per heavy atom. The van der Waals surface area contributed by atoms with Crippen molar-refractivity contribution in [1.82, 2.24) is 34.3 Å². The van der Waals surface area contributed by atoms with Gasteiger partial charge in [-0.1, -0.05) is 135 Å². The first-order chi connectivity index (χ1) is 68.0. The van der Waals surface area contributed by atoms with Crippen LogP contribution >= 0.6 is 0 Å². The van der Waals surface area contributed by atoms with Crippen molar-refractivity contribution in [3.8, 4) is 12.1 Å². The third kappa shape index (κ3) is 37.2. The van der Waals surface area contributed by atoms with Crippen molar-refractivity contribution in [2.24, 2.45) is 5.73 Å². The predicted molar refractivity (Wildman–Crippen MR) is 563 cm³/mol. The van der Waals surface area contributed by atoms with Crippen molar-refractivity contribution in [2.45, 2.75) is 330 Å².